The maximum atomic E-state index is 12.5. The standard InChI is InChI=1S/C15H11BrClNO3/c1-18(13-5-3-2-4-10(13)15(20)21)14(19)11-8-9(16)6-7-12(11)17/h2-8H,1H3,(H,20,21). The van der Waals surface area contributed by atoms with Crippen LogP contribution in [0.25, 0.3) is 0 Å². The second-order valence-electron chi connectivity index (χ2n) is 4.31. The first kappa shape index (κ1) is 15.5. The fourth-order valence-electron chi connectivity index (χ4n) is 1.90. The molecule has 4 nitrogen and oxygen atoms in total. The van der Waals surface area contributed by atoms with E-state index in [1.807, 2.05) is 0 Å². The number of aromatic carboxylic acids is 1. The first-order valence-electron chi connectivity index (χ1n) is 5.97. The Morgan fingerprint density at radius 1 is 1.14 bits per heavy atom. The molecule has 0 unspecified atom stereocenters. The zero-order valence-corrected chi connectivity index (χ0v) is 13.4. The molecule has 0 spiro atoms. The lowest BCUT2D eigenvalue weighted by Gasteiger charge is -2.20. The smallest absolute Gasteiger partial charge is 0.337 e. The van der Waals surface area contributed by atoms with Gasteiger partial charge in [0, 0.05) is 11.5 Å². The van der Waals surface area contributed by atoms with E-state index in [-0.39, 0.29) is 11.5 Å². The van der Waals surface area contributed by atoms with Crippen LogP contribution in [0.2, 0.25) is 5.02 Å². The van der Waals surface area contributed by atoms with E-state index in [9.17, 15) is 14.7 Å². The highest BCUT2D eigenvalue weighted by Gasteiger charge is 2.21. The topological polar surface area (TPSA) is 57.6 Å². The number of para-hydroxylation sites is 1. The van der Waals surface area contributed by atoms with Crippen LogP contribution >= 0.6 is 27.5 Å². The molecule has 0 aliphatic carbocycles. The van der Waals surface area contributed by atoms with Crippen LogP contribution in [0.3, 0.4) is 0 Å². The first-order chi connectivity index (χ1) is 9.91. The molecule has 21 heavy (non-hydrogen) atoms. The van der Waals surface area contributed by atoms with Gasteiger partial charge in [0.05, 0.1) is 21.8 Å². The average Bonchev–Trinajstić information content (AvgIpc) is 2.48. The van der Waals surface area contributed by atoms with Gasteiger partial charge in [0.25, 0.3) is 5.91 Å². The van der Waals surface area contributed by atoms with Gasteiger partial charge in [-0.1, -0.05) is 39.7 Å². The van der Waals surface area contributed by atoms with E-state index in [0.29, 0.717) is 16.3 Å². The Labute approximate surface area is 135 Å². The number of carbonyl (C=O) groups excluding carboxylic acids is 1. The van der Waals surface area contributed by atoms with Gasteiger partial charge in [-0.15, -0.1) is 0 Å². The lowest BCUT2D eigenvalue weighted by molar-refractivity contribution is 0.0697. The minimum absolute atomic E-state index is 0.0551. The Morgan fingerprint density at radius 2 is 1.81 bits per heavy atom. The minimum atomic E-state index is -1.09. The van der Waals surface area contributed by atoms with Crippen LogP contribution in [0.15, 0.2) is 46.9 Å². The van der Waals surface area contributed by atoms with E-state index in [1.165, 1.54) is 18.0 Å². The number of benzene rings is 2. The molecule has 0 radical (unpaired) electrons. The van der Waals surface area contributed by atoms with E-state index in [1.54, 1.807) is 36.4 Å². The third-order valence-electron chi connectivity index (χ3n) is 2.96. The molecule has 0 aliphatic rings. The summed E-state index contributed by atoms with van der Waals surface area (Å²) in [6.45, 7) is 0. The molecule has 0 heterocycles. The molecule has 2 aromatic rings. The molecule has 0 saturated heterocycles. The van der Waals surface area contributed by atoms with Crippen molar-refractivity contribution >= 4 is 45.1 Å². The van der Waals surface area contributed by atoms with Gasteiger partial charge in [0.15, 0.2) is 0 Å². The second kappa shape index (κ2) is 6.28. The van der Waals surface area contributed by atoms with Crippen molar-refractivity contribution in [1.82, 2.24) is 0 Å². The molecule has 2 rings (SSSR count). The van der Waals surface area contributed by atoms with E-state index in [2.05, 4.69) is 15.9 Å². The molecular weight excluding hydrogens is 358 g/mol. The Balaban J connectivity index is 2.45. The summed E-state index contributed by atoms with van der Waals surface area (Å²) in [7, 11) is 1.52. The number of carbonyl (C=O) groups is 2. The van der Waals surface area contributed by atoms with Crippen molar-refractivity contribution in [2.45, 2.75) is 0 Å². The Kier molecular flexibility index (Phi) is 4.65. The molecule has 0 bridgehead atoms. The summed E-state index contributed by atoms with van der Waals surface area (Å²) >= 11 is 9.32. The number of nitrogens with zero attached hydrogens (tertiary/aromatic N) is 1. The highest BCUT2D eigenvalue weighted by molar-refractivity contribution is 9.10. The van der Waals surface area contributed by atoms with Crippen LogP contribution in [-0.4, -0.2) is 24.0 Å². The fourth-order valence-corrected chi connectivity index (χ4v) is 2.46. The molecule has 0 atom stereocenters. The number of carboxylic acids is 1. The number of halogens is 2. The summed E-state index contributed by atoms with van der Waals surface area (Å²) in [6.07, 6.45) is 0. The van der Waals surface area contributed by atoms with Gasteiger partial charge < -0.3 is 10.0 Å². The largest absolute Gasteiger partial charge is 0.478 e. The van der Waals surface area contributed by atoms with Crippen LogP contribution < -0.4 is 4.90 Å². The summed E-state index contributed by atoms with van der Waals surface area (Å²) in [5.74, 6) is -1.47. The SMILES string of the molecule is CN(C(=O)c1cc(Br)ccc1Cl)c1ccccc1C(=O)O. The Hall–Kier alpha value is -1.85. The zero-order valence-electron chi connectivity index (χ0n) is 11.0. The summed E-state index contributed by atoms with van der Waals surface area (Å²) in [4.78, 5) is 25.0. The maximum Gasteiger partial charge on any atom is 0.337 e. The highest BCUT2D eigenvalue weighted by atomic mass is 79.9. The van der Waals surface area contributed by atoms with Gasteiger partial charge in [0.2, 0.25) is 0 Å². The predicted molar refractivity (Wildman–Crippen MR) is 85.3 cm³/mol. The van der Waals surface area contributed by atoms with Crippen molar-refractivity contribution in [2.24, 2.45) is 0 Å². The van der Waals surface area contributed by atoms with Crippen molar-refractivity contribution in [3.05, 3.63) is 63.1 Å². The quantitative estimate of drug-likeness (QED) is 0.888. The fraction of sp³-hybridized carbons (Fsp3) is 0.0667. The first-order valence-corrected chi connectivity index (χ1v) is 7.14. The Morgan fingerprint density at radius 3 is 2.48 bits per heavy atom. The highest BCUT2D eigenvalue weighted by Crippen LogP contribution is 2.26. The van der Waals surface area contributed by atoms with Gasteiger partial charge in [-0.2, -0.15) is 0 Å². The molecule has 2 aromatic carbocycles. The van der Waals surface area contributed by atoms with Gasteiger partial charge >= 0.3 is 5.97 Å². The average molecular weight is 369 g/mol. The molecule has 0 aliphatic heterocycles. The molecule has 108 valence electrons. The van der Waals surface area contributed by atoms with E-state index in [0.717, 1.165) is 4.47 Å². The summed E-state index contributed by atoms with van der Waals surface area (Å²) < 4.78 is 0.718. The number of amides is 1. The summed E-state index contributed by atoms with van der Waals surface area (Å²) in [6, 6.07) is 11.2. The predicted octanol–water partition coefficient (Wildman–Crippen LogP) is 4.08. The lowest BCUT2D eigenvalue weighted by Crippen LogP contribution is -2.28. The van der Waals surface area contributed by atoms with Crippen LogP contribution in [0, 0.1) is 0 Å². The third-order valence-corrected chi connectivity index (χ3v) is 3.78. The van der Waals surface area contributed by atoms with E-state index >= 15 is 0 Å². The van der Waals surface area contributed by atoms with Crippen molar-refractivity contribution in [3.8, 4) is 0 Å². The van der Waals surface area contributed by atoms with Crippen molar-refractivity contribution in [2.75, 3.05) is 11.9 Å². The van der Waals surface area contributed by atoms with E-state index in [4.69, 9.17) is 11.6 Å². The molecule has 1 amide bonds. The number of carboxylic acid groups (broad SMARTS) is 1. The number of hydrogen-bond donors (Lipinski definition) is 1. The summed E-state index contributed by atoms with van der Waals surface area (Å²) in [5.41, 5.74) is 0.666. The molecule has 0 fully saturated rings. The van der Waals surface area contributed by atoms with Crippen molar-refractivity contribution in [1.29, 1.82) is 0 Å². The minimum Gasteiger partial charge on any atom is -0.478 e. The van der Waals surface area contributed by atoms with Gasteiger partial charge in [-0.25, -0.2) is 4.79 Å². The van der Waals surface area contributed by atoms with Crippen molar-refractivity contribution in [3.63, 3.8) is 0 Å². The zero-order chi connectivity index (χ0) is 15.6. The number of hydrogen-bond acceptors (Lipinski definition) is 2. The number of rotatable bonds is 3. The molecule has 0 saturated carbocycles. The third kappa shape index (κ3) is 3.25. The number of anilines is 1. The molecular formula is C15H11BrClNO3. The van der Waals surface area contributed by atoms with Crippen LogP contribution in [0.5, 0.6) is 0 Å². The molecule has 1 N–H and O–H groups in total. The normalized spacial score (nSPS) is 10.2. The maximum absolute atomic E-state index is 12.5. The van der Waals surface area contributed by atoms with Crippen LogP contribution in [0.4, 0.5) is 5.69 Å². The summed E-state index contributed by atoms with van der Waals surface area (Å²) in [5, 5.41) is 9.50. The monoisotopic (exact) mass is 367 g/mol. The van der Waals surface area contributed by atoms with Gasteiger partial charge in [0.1, 0.15) is 0 Å². The Bertz CT molecular complexity index is 718. The molecule has 6 heteroatoms. The second-order valence-corrected chi connectivity index (χ2v) is 5.63. The van der Waals surface area contributed by atoms with Gasteiger partial charge in [-0.3, -0.25) is 4.79 Å². The molecule has 0 aromatic heterocycles. The van der Waals surface area contributed by atoms with Gasteiger partial charge in [-0.05, 0) is 30.3 Å². The lowest BCUT2D eigenvalue weighted by atomic mass is 10.1. The van der Waals surface area contributed by atoms with Crippen molar-refractivity contribution < 1.29 is 14.7 Å². The van der Waals surface area contributed by atoms with E-state index < -0.39 is 5.97 Å². The van der Waals surface area contributed by atoms with Crippen LogP contribution in [0.1, 0.15) is 20.7 Å². The van der Waals surface area contributed by atoms with Crippen LogP contribution in [-0.2, 0) is 0 Å².